The molecule has 3 N–H and O–H groups in total. The Morgan fingerprint density at radius 2 is 1.42 bits per heavy atom. The molecule has 0 saturated carbocycles. The number of benzene rings is 1. The molecule has 200 valence electrons. The van der Waals surface area contributed by atoms with E-state index >= 15 is 0 Å². The van der Waals surface area contributed by atoms with Gasteiger partial charge in [-0.3, -0.25) is 9.59 Å². The number of nitrogens with one attached hydrogen (secondary N) is 3. The Morgan fingerprint density at radius 3 is 2.03 bits per heavy atom. The molecule has 0 unspecified atom stereocenters. The molecule has 6 heteroatoms. The summed E-state index contributed by atoms with van der Waals surface area (Å²) in [6.07, 6.45) is 20.4. The minimum absolute atomic E-state index is 0.103. The summed E-state index contributed by atoms with van der Waals surface area (Å²) in [5.41, 5.74) is 1.11. The lowest BCUT2D eigenvalue weighted by atomic mass is 10.0. The second-order valence-electron chi connectivity index (χ2n) is 9.66. The summed E-state index contributed by atoms with van der Waals surface area (Å²) in [5.74, 6) is 0.379. The van der Waals surface area contributed by atoms with Crippen LogP contribution >= 0.6 is 0 Å². The van der Waals surface area contributed by atoms with Gasteiger partial charge >= 0.3 is 0 Å². The summed E-state index contributed by atoms with van der Waals surface area (Å²) >= 11 is 0. The molecule has 1 heterocycles. The average molecular weight is 498 g/mol. The molecule has 2 rings (SSSR count). The molecule has 2 aromatic rings. The Hall–Kier alpha value is -2.60. The summed E-state index contributed by atoms with van der Waals surface area (Å²) in [6.45, 7) is 3.72. The second kappa shape index (κ2) is 19.6. The van der Waals surface area contributed by atoms with E-state index in [9.17, 15) is 9.59 Å². The third-order valence-electron chi connectivity index (χ3n) is 6.40. The first-order valence-corrected chi connectivity index (χ1v) is 14.1. The molecule has 0 aliphatic carbocycles. The molecule has 2 amide bonds. The Morgan fingerprint density at radius 1 is 0.778 bits per heavy atom. The Balaban J connectivity index is 1.43. The van der Waals surface area contributed by atoms with Crippen LogP contribution in [0.3, 0.4) is 0 Å². The summed E-state index contributed by atoms with van der Waals surface area (Å²) in [5, 5.41) is 8.89. The van der Waals surface area contributed by atoms with Crippen molar-refractivity contribution in [1.29, 1.82) is 0 Å². The first-order valence-electron chi connectivity index (χ1n) is 14.1. The van der Waals surface area contributed by atoms with Crippen molar-refractivity contribution in [3.05, 3.63) is 54.0 Å². The van der Waals surface area contributed by atoms with Gasteiger partial charge in [-0.25, -0.2) is 0 Å². The third-order valence-corrected chi connectivity index (χ3v) is 6.40. The molecule has 36 heavy (non-hydrogen) atoms. The fourth-order valence-corrected chi connectivity index (χ4v) is 4.27. The van der Waals surface area contributed by atoms with E-state index in [0.717, 1.165) is 13.0 Å². The van der Waals surface area contributed by atoms with Gasteiger partial charge in [0.05, 0.1) is 19.4 Å². The SMILES string of the molecule is CCCCCCCCCCCCCCCCNCC(=O)Nc1cccc(C(=O)NCc2ccco2)c1. The number of rotatable bonds is 21. The lowest BCUT2D eigenvalue weighted by molar-refractivity contribution is -0.115. The molecule has 0 aliphatic heterocycles. The van der Waals surface area contributed by atoms with Crippen molar-refractivity contribution >= 4 is 17.5 Å². The summed E-state index contributed by atoms with van der Waals surface area (Å²) < 4.78 is 5.22. The van der Waals surface area contributed by atoms with Crippen LogP contribution in [0.25, 0.3) is 0 Å². The van der Waals surface area contributed by atoms with Crippen LogP contribution in [0.5, 0.6) is 0 Å². The number of amides is 2. The Kier molecular flexibility index (Phi) is 16.1. The summed E-state index contributed by atoms with van der Waals surface area (Å²) in [7, 11) is 0. The van der Waals surface area contributed by atoms with Crippen LogP contribution in [0.2, 0.25) is 0 Å². The third kappa shape index (κ3) is 14.1. The van der Waals surface area contributed by atoms with Gasteiger partial charge in [-0.05, 0) is 43.3 Å². The first-order chi connectivity index (χ1) is 17.7. The zero-order chi connectivity index (χ0) is 25.7. The second-order valence-corrected chi connectivity index (χ2v) is 9.66. The summed E-state index contributed by atoms with van der Waals surface area (Å²) in [6, 6.07) is 10.5. The number of hydrogen-bond donors (Lipinski definition) is 3. The van der Waals surface area contributed by atoms with Crippen molar-refractivity contribution in [2.24, 2.45) is 0 Å². The van der Waals surface area contributed by atoms with Crippen molar-refractivity contribution in [2.75, 3.05) is 18.4 Å². The number of hydrogen-bond acceptors (Lipinski definition) is 4. The minimum Gasteiger partial charge on any atom is -0.467 e. The molecule has 0 spiro atoms. The lowest BCUT2D eigenvalue weighted by Crippen LogP contribution is -2.29. The van der Waals surface area contributed by atoms with E-state index in [2.05, 4.69) is 22.9 Å². The number of anilines is 1. The fraction of sp³-hybridized carbons (Fsp3) is 0.600. The molecule has 6 nitrogen and oxygen atoms in total. The number of furan rings is 1. The smallest absolute Gasteiger partial charge is 0.251 e. The minimum atomic E-state index is -0.210. The molecule has 0 aliphatic rings. The van der Waals surface area contributed by atoms with E-state index in [1.165, 1.54) is 83.5 Å². The highest BCUT2D eigenvalue weighted by molar-refractivity contribution is 5.97. The quantitative estimate of drug-likeness (QED) is 0.159. The van der Waals surface area contributed by atoms with E-state index in [4.69, 9.17) is 4.42 Å². The van der Waals surface area contributed by atoms with Crippen molar-refractivity contribution in [3.63, 3.8) is 0 Å². The molecule has 0 bridgehead atoms. The highest BCUT2D eigenvalue weighted by Crippen LogP contribution is 2.13. The standard InChI is InChI=1S/C30H47N3O3/c1-2-3-4-5-6-7-8-9-10-11-12-13-14-15-21-31-25-29(34)33-27-19-16-18-26(23-27)30(35)32-24-28-20-17-22-36-28/h16-20,22-23,31H,2-15,21,24-25H2,1H3,(H,32,35)(H,33,34). The average Bonchev–Trinajstić information content (AvgIpc) is 3.41. The number of carbonyl (C=O) groups excluding carboxylic acids is 2. The highest BCUT2D eigenvalue weighted by Gasteiger charge is 2.08. The van der Waals surface area contributed by atoms with E-state index < -0.39 is 0 Å². The van der Waals surface area contributed by atoms with E-state index in [-0.39, 0.29) is 18.4 Å². The topological polar surface area (TPSA) is 83.4 Å². The van der Waals surface area contributed by atoms with Crippen molar-refractivity contribution in [3.8, 4) is 0 Å². The van der Waals surface area contributed by atoms with Gasteiger partial charge in [0.15, 0.2) is 0 Å². The maximum absolute atomic E-state index is 12.3. The van der Waals surface area contributed by atoms with Crippen molar-refractivity contribution < 1.29 is 14.0 Å². The molecular formula is C30H47N3O3. The normalized spacial score (nSPS) is 10.9. The largest absolute Gasteiger partial charge is 0.467 e. The molecule has 0 saturated heterocycles. The zero-order valence-corrected chi connectivity index (χ0v) is 22.3. The Labute approximate surface area is 218 Å². The van der Waals surface area contributed by atoms with Crippen LogP contribution in [0, 0.1) is 0 Å². The van der Waals surface area contributed by atoms with Gasteiger partial charge in [-0.15, -0.1) is 0 Å². The van der Waals surface area contributed by atoms with Gasteiger partial charge in [0.25, 0.3) is 5.91 Å². The zero-order valence-electron chi connectivity index (χ0n) is 22.3. The maximum Gasteiger partial charge on any atom is 0.251 e. The van der Waals surface area contributed by atoms with E-state index in [1.54, 1.807) is 36.6 Å². The van der Waals surface area contributed by atoms with Gasteiger partial charge in [-0.1, -0.05) is 96.5 Å². The van der Waals surface area contributed by atoms with Gasteiger partial charge in [0, 0.05) is 11.3 Å². The lowest BCUT2D eigenvalue weighted by Gasteiger charge is -2.09. The van der Waals surface area contributed by atoms with Crippen LogP contribution in [0.1, 0.15) is 113 Å². The first kappa shape index (κ1) is 29.6. The molecule has 1 aromatic carbocycles. The molecule has 0 atom stereocenters. The van der Waals surface area contributed by atoms with Crippen molar-refractivity contribution in [2.45, 2.75) is 103 Å². The van der Waals surface area contributed by atoms with Gasteiger partial charge in [0.1, 0.15) is 5.76 Å². The van der Waals surface area contributed by atoms with Crippen LogP contribution in [-0.2, 0) is 11.3 Å². The maximum atomic E-state index is 12.3. The molecule has 1 aromatic heterocycles. The van der Waals surface area contributed by atoms with Crippen LogP contribution in [-0.4, -0.2) is 24.9 Å². The number of unbranched alkanes of at least 4 members (excludes halogenated alkanes) is 13. The van der Waals surface area contributed by atoms with E-state index in [0.29, 0.717) is 23.6 Å². The van der Waals surface area contributed by atoms with Gasteiger partial charge < -0.3 is 20.4 Å². The molecular weight excluding hydrogens is 450 g/mol. The van der Waals surface area contributed by atoms with Crippen LogP contribution in [0.15, 0.2) is 47.1 Å². The van der Waals surface area contributed by atoms with Crippen LogP contribution in [0.4, 0.5) is 5.69 Å². The predicted octanol–water partition coefficient (Wildman–Crippen LogP) is 7.22. The fourth-order valence-electron chi connectivity index (χ4n) is 4.27. The molecule has 0 fully saturated rings. The highest BCUT2D eigenvalue weighted by atomic mass is 16.3. The molecule has 0 radical (unpaired) electrons. The van der Waals surface area contributed by atoms with E-state index in [1.807, 2.05) is 6.07 Å². The summed E-state index contributed by atoms with van der Waals surface area (Å²) in [4.78, 5) is 24.6. The van der Waals surface area contributed by atoms with Crippen LogP contribution < -0.4 is 16.0 Å². The van der Waals surface area contributed by atoms with Crippen molar-refractivity contribution in [1.82, 2.24) is 10.6 Å². The predicted molar refractivity (Wildman–Crippen MR) is 148 cm³/mol. The number of carbonyl (C=O) groups is 2. The monoisotopic (exact) mass is 497 g/mol. The Bertz CT molecular complexity index is 836. The van der Waals surface area contributed by atoms with Gasteiger partial charge in [0.2, 0.25) is 5.91 Å². The van der Waals surface area contributed by atoms with Gasteiger partial charge in [-0.2, -0.15) is 0 Å².